The summed E-state index contributed by atoms with van der Waals surface area (Å²) in [5.41, 5.74) is 2.77. The summed E-state index contributed by atoms with van der Waals surface area (Å²) >= 11 is 1.78. The van der Waals surface area contributed by atoms with Gasteiger partial charge in [0.25, 0.3) is 0 Å². The maximum atomic E-state index is 4.18. The van der Waals surface area contributed by atoms with E-state index in [1.54, 1.807) is 11.3 Å². The van der Waals surface area contributed by atoms with Gasteiger partial charge in [0.2, 0.25) is 0 Å². The van der Waals surface area contributed by atoms with Crippen LogP contribution in [-0.2, 0) is 12.8 Å². The van der Waals surface area contributed by atoms with E-state index in [4.69, 9.17) is 0 Å². The van der Waals surface area contributed by atoms with Crippen LogP contribution in [0.5, 0.6) is 0 Å². The summed E-state index contributed by atoms with van der Waals surface area (Å²) in [5.74, 6) is 0. The van der Waals surface area contributed by atoms with Gasteiger partial charge in [-0.15, -0.1) is 0 Å². The zero-order chi connectivity index (χ0) is 12.6. The van der Waals surface area contributed by atoms with Crippen molar-refractivity contribution in [1.82, 2.24) is 10.3 Å². The lowest BCUT2D eigenvalue weighted by molar-refractivity contribution is 0.491. The summed E-state index contributed by atoms with van der Waals surface area (Å²) in [4.78, 5) is 4.18. The third-order valence-corrected chi connectivity index (χ3v) is 3.79. The van der Waals surface area contributed by atoms with E-state index in [0.29, 0.717) is 6.04 Å². The number of likely N-dealkylation sites (N-methyl/N-ethyl adjacent to an activating group) is 1. The number of hydrogen-bond acceptors (Lipinski definition) is 3. The Balaban J connectivity index is 1.87. The molecule has 0 bridgehead atoms. The van der Waals surface area contributed by atoms with Crippen LogP contribution >= 0.6 is 11.3 Å². The predicted octanol–water partition coefficient (Wildman–Crippen LogP) is 3.30. The Labute approximate surface area is 113 Å². The zero-order valence-corrected chi connectivity index (χ0v) is 11.6. The SMILES string of the molecule is CCNC(CCc1ccsc1)Cc1cccnc1. The summed E-state index contributed by atoms with van der Waals surface area (Å²) in [5, 5.41) is 7.96. The minimum atomic E-state index is 0.541. The Morgan fingerprint density at radius 1 is 1.33 bits per heavy atom. The quantitative estimate of drug-likeness (QED) is 0.826. The van der Waals surface area contributed by atoms with E-state index in [0.717, 1.165) is 19.4 Å². The Bertz CT molecular complexity index is 425. The summed E-state index contributed by atoms with van der Waals surface area (Å²) in [7, 11) is 0. The van der Waals surface area contributed by atoms with Gasteiger partial charge in [-0.1, -0.05) is 13.0 Å². The van der Waals surface area contributed by atoms with E-state index in [9.17, 15) is 0 Å². The van der Waals surface area contributed by atoms with E-state index < -0.39 is 0 Å². The molecule has 96 valence electrons. The molecular weight excluding hydrogens is 240 g/mol. The average Bonchev–Trinajstić information content (AvgIpc) is 2.91. The number of aryl methyl sites for hydroxylation is 1. The highest BCUT2D eigenvalue weighted by molar-refractivity contribution is 7.07. The summed E-state index contributed by atoms with van der Waals surface area (Å²) in [6, 6.07) is 6.93. The maximum Gasteiger partial charge on any atom is 0.0300 e. The van der Waals surface area contributed by atoms with Gasteiger partial charge in [0, 0.05) is 18.4 Å². The second-order valence-electron chi connectivity index (χ2n) is 4.49. The fraction of sp³-hybridized carbons (Fsp3) is 0.400. The smallest absolute Gasteiger partial charge is 0.0300 e. The van der Waals surface area contributed by atoms with Crippen molar-refractivity contribution < 1.29 is 0 Å². The molecule has 2 rings (SSSR count). The second kappa shape index (κ2) is 7.29. The number of rotatable bonds is 7. The Kier molecular flexibility index (Phi) is 5.36. The molecule has 3 heteroatoms. The van der Waals surface area contributed by atoms with E-state index in [-0.39, 0.29) is 0 Å². The van der Waals surface area contributed by atoms with Gasteiger partial charge < -0.3 is 5.32 Å². The lowest BCUT2D eigenvalue weighted by atomic mass is 10.0. The van der Waals surface area contributed by atoms with Crippen molar-refractivity contribution in [2.75, 3.05) is 6.54 Å². The van der Waals surface area contributed by atoms with Crippen molar-refractivity contribution in [2.24, 2.45) is 0 Å². The third kappa shape index (κ3) is 4.24. The highest BCUT2D eigenvalue weighted by Crippen LogP contribution is 2.12. The van der Waals surface area contributed by atoms with Crippen molar-refractivity contribution in [3.8, 4) is 0 Å². The molecule has 1 atom stereocenters. The molecule has 2 nitrogen and oxygen atoms in total. The number of thiophene rings is 1. The lowest BCUT2D eigenvalue weighted by Crippen LogP contribution is -2.31. The molecule has 2 heterocycles. The van der Waals surface area contributed by atoms with Crippen LogP contribution in [0.4, 0.5) is 0 Å². The van der Waals surface area contributed by atoms with Crippen LogP contribution in [0.15, 0.2) is 41.4 Å². The molecule has 2 aromatic rings. The lowest BCUT2D eigenvalue weighted by Gasteiger charge is -2.17. The van der Waals surface area contributed by atoms with Crippen LogP contribution < -0.4 is 5.32 Å². The van der Waals surface area contributed by atoms with Gasteiger partial charge in [0.1, 0.15) is 0 Å². The molecule has 18 heavy (non-hydrogen) atoms. The minimum Gasteiger partial charge on any atom is -0.314 e. The van der Waals surface area contributed by atoms with Crippen LogP contribution in [0.1, 0.15) is 24.5 Å². The number of nitrogens with zero attached hydrogens (tertiary/aromatic N) is 1. The first-order chi connectivity index (χ1) is 8.88. The molecule has 0 amide bonds. The second-order valence-corrected chi connectivity index (χ2v) is 5.27. The van der Waals surface area contributed by atoms with Crippen molar-refractivity contribution in [3.05, 3.63) is 52.5 Å². The highest BCUT2D eigenvalue weighted by atomic mass is 32.1. The molecule has 0 spiro atoms. The highest BCUT2D eigenvalue weighted by Gasteiger charge is 2.08. The summed E-state index contributed by atoms with van der Waals surface area (Å²) in [6.07, 6.45) is 7.19. The van der Waals surface area contributed by atoms with Gasteiger partial charge in [-0.2, -0.15) is 11.3 Å². The fourth-order valence-corrected chi connectivity index (χ4v) is 2.85. The zero-order valence-electron chi connectivity index (χ0n) is 10.8. The van der Waals surface area contributed by atoms with Crippen LogP contribution in [0, 0.1) is 0 Å². The molecule has 0 saturated carbocycles. The molecule has 0 aliphatic carbocycles. The van der Waals surface area contributed by atoms with Gasteiger partial charge in [0.05, 0.1) is 0 Å². The number of nitrogens with one attached hydrogen (secondary N) is 1. The first-order valence-electron chi connectivity index (χ1n) is 6.52. The van der Waals surface area contributed by atoms with Crippen molar-refractivity contribution >= 4 is 11.3 Å². The van der Waals surface area contributed by atoms with Gasteiger partial charge >= 0.3 is 0 Å². The van der Waals surface area contributed by atoms with Crippen molar-refractivity contribution in [3.63, 3.8) is 0 Å². The molecular formula is C15H20N2S. The molecule has 0 radical (unpaired) electrons. The van der Waals surface area contributed by atoms with Crippen LogP contribution in [0.25, 0.3) is 0 Å². The largest absolute Gasteiger partial charge is 0.314 e. The normalized spacial score (nSPS) is 12.5. The maximum absolute atomic E-state index is 4.18. The first-order valence-corrected chi connectivity index (χ1v) is 7.46. The first kappa shape index (κ1) is 13.2. The topological polar surface area (TPSA) is 24.9 Å². The molecule has 0 aliphatic rings. The van der Waals surface area contributed by atoms with Crippen LogP contribution in [0.2, 0.25) is 0 Å². The Hall–Kier alpha value is -1.19. The number of hydrogen-bond donors (Lipinski definition) is 1. The number of pyridine rings is 1. The minimum absolute atomic E-state index is 0.541. The van der Waals surface area contributed by atoms with E-state index >= 15 is 0 Å². The predicted molar refractivity (Wildman–Crippen MR) is 78.0 cm³/mol. The van der Waals surface area contributed by atoms with E-state index in [1.165, 1.54) is 17.5 Å². The van der Waals surface area contributed by atoms with Crippen molar-refractivity contribution in [1.29, 1.82) is 0 Å². The van der Waals surface area contributed by atoms with Gasteiger partial charge in [0.15, 0.2) is 0 Å². The van der Waals surface area contributed by atoms with Crippen LogP contribution in [0.3, 0.4) is 0 Å². The van der Waals surface area contributed by atoms with Crippen LogP contribution in [-0.4, -0.2) is 17.6 Å². The van der Waals surface area contributed by atoms with Gasteiger partial charge in [-0.25, -0.2) is 0 Å². The Morgan fingerprint density at radius 2 is 2.28 bits per heavy atom. The van der Waals surface area contributed by atoms with Crippen molar-refractivity contribution in [2.45, 2.75) is 32.2 Å². The average molecular weight is 260 g/mol. The van der Waals surface area contributed by atoms with E-state index in [2.05, 4.69) is 40.1 Å². The molecule has 0 fully saturated rings. The Morgan fingerprint density at radius 3 is 2.94 bits per heavy atom. The number of aromatic nitrogens is 1. The van der Waals surface area contributed by atoms with Gasteiger partial charge in [-0.05, 0) is 59.8 Å². The monoisotopic (exact) mass is 260 g/mol. The summed E-state index contributed by atoms with van der Waals surface area (Å²) in [6.45, 7) is 3.19. The molecule has 0 saturated heterocycles. The molecule has 0 aromatic carbocycles. The van der Waals surface area contributed by atoms with E-state index in [1.807, 2.05) is 18.5 Å². The third-order valence-electron chi connectivity index (χ3n) is 3.06. The standard InChI is InChI=1S/C15H20N2S/c1-2-17-15(6-5-13-7-9-18-12-13)10-14-4-3-8-16-11-14/h3-4,7-9,11-12,15,17H,2,5-6,10H2,1H3. The molecule has 1 N–H and O–H groups in total. The molecule has 1 unspecified atom stereocenters. The van der Waals surface area contributed by atoms with Gasteiger partial charge in [-0.3, -0.25) is 4.98 Å². The molecule has 2 aromatic heterocycles. The fourth-order valence-electron chi connectivity index (χ4n) is 2.14. The molecule has 0 aliphatic heterocycles. The summed E-state index contributed by atoms with van der Waals surface area (Å²) < 4.78 is 0.